The van der Waals surface area contributed by atoms with Crippen molar-refractivity contribution in [2.24, 2.45) is 5.92 Å². The minimum absolute atomic E-state index is 0.00217. The lowest BCUT2D eigenvalue weighted by atomic mass is 9.89. The normalized spacial score (nSPS) is 21.6. The van der Waals surface area contributed by atoms with Crippen LogP contribution in [-0.2, 0) is 29.5 Å². The molecular formula is C25H31NO4S. The van der Waals surface area contributed by atoms with E-state index in [0.29, 0.717) is 36.7 Å². The van der Waals surface area contributed by atoms with E-state index in [1.807, 2.05) is 18.2 Å². The fraction of sp³-hybridized carbons (Fsp3) is 0.480. The van der Waals surface area contributed by atoms with Crippen LogP contribution in [0.15, 0.2) is 42.5 Å². The van der Waals surface area contributed by atoms with Gasteiger partial charge in [0, 0.05) is 25.9 Å². The van der Waals surface area contributed by atoms with Gasteiger partial charge in [-0.15, -0.1) is 0 Å². The number of fused-ring (bicyclic) bond motifs is 1. The molecule has 5 nitrogen and oxygen atoms in total. The van der Waals surface area contributed by atoms with Crippen LogP contribution >= 0.6 is 0 Å². The molecule has 0 radical (unpaired) electrons. The molecular weight excluding hydrogens is 410 g/mol. The van der Waals surface area contributed by atoms with Crippen molar-refractivity contribution in [3.05, 3.63) is 64.7 Å². The van der Waals surface area contributed by atoms with Crippen LogP contribution in [0.5, 0.6) is 5.75 Å². The van der Waals surface area contributed by atoms with E-state index in [0.717, 1.165) is 38.0 Å². The van der Waals surface area contributed by atoms with Gasteiger partial charge < -0.3 is 4.74 Å². The number of hydrogen-bond acceptors (Lipinski definition) is 5. The molecule has 6 heteroatoms. The molecule has 2 aromatic rings. The average Bonchev–Trinajstić information content (AvgIpc) is 3.14. The maximum Gasteiger partial charge on any atom is 0.163 e. The average molecular weight is 442 g/mol. The predicted octanol–water partition coefficient (Wildman–Crippen LogP) is 4.39. The molecule has 2 aliphatic rings. The summed E-state index contributed by atoms with van der Waals surface area (Å²) in [4.78, 5) is 14.7. The number of hydrogen-bond donors (Lipinski definition) is 0. The van der Waals surface area contributed by atoms with E-state index in [9.17, 15) is 13.2 Å². The summed E-state index contributed by atoms with van der Waals surface area (Å²) in [5, 5.41) is -0.215. The molecule has 1 aliphatic heterocycles. The summed E-state index contributed by atoms with van der Waals surface area (Å²) in [6, 6.07) is 14.4. The number of nitrogens with zero attached hydrogens (tertiary/aromatic N) is 1. The number of rotatable bonds is 7. The van der Waals surface area contributed by atoms with Crippen LogP contribution < -0.4 is 4.74 Å². The van der Waals surface area contributed by atoms with Crippen molar-refractivity contribution < 1.29 is 17.9 Å². The maximum atomic E-state index is 12.3. The second-order valence-corrected chi connectivity index (χ2v) is 11.4. The fourth-order valence-electron chi connectivity index (χ4n) is 4.78. The van der Waals surface area contributed by atoms with E-state index < -0.39 is 9.84 Å². The van der Waals surface area contributed by atoms with Gasteiger partial charge in [0.25, 0.3) is 0 Å². The summed E-state index contributed by atoms with van der Waals surface area (Å²) in [5.41, 5.74) is 4.48. The monoisotopic (exact) mass is 441 g/mol. The Morgan fingerprint density at radius 2 is 1.68 bits per heavy atom. The summed E-state index contributed by atoms with van der Waals surface area (Å²) in [6.07, 6.45) is 4.42. The largest absolute Gasteiger partial charge is 0.493 e. The van der Waals surface area contributed by atoms with Gasteiger partial charge in [-0.1, -0.05) is 30.3 Å². The number of carbonyl (C=O) groups is 1. The maximum absolute atomic E-state index is 12.3. The molecule has 0 aromatic heterocycles. The highest BCUT2D eigenvalue weighted by atomic mass is 32.2. The third-order valence-electron chi connectivity index (χ3n) is 6.61. The number of carbonyl (C=O) groups excluding carboxylic acids is 1. The van der Waals surface area contributed by atoms with Gasteiger partial charge in [-0.2, -0.15) is 0 Å². The second-order valence-electron chi connectivity index (χ2n) is 9.08. The molecule has 31 heavy (non-hydrogen) atoms. The molecule has 1 heterocycles. The van der Waals surface area contributed by atoms with Crippen LogP contribution in [0.2, 0.25) is 0 Å². The van der Waals surface area contributed by atoms with Crippen molar-refractivity contribution in [1.82, 2.24) is 4.90 Å². The third kappa shape index (κ3) is 5.36. The van der Waals surface area contributed by atoms with E-state index in [1.165, 1.54) is 17.4 Å². The zero-order chi connectivity index (χ0) is 22.0. The lowest BCUT2D eigenvalue weighted by Crippen LogP contribution is -2.28. The first-order chi connectivity index (χ1) is 14.8. The van der Waals surface area contributed by atoms with Crippen LogP contribution in [0, 0.1) is 5.92 Å². The molecule has 0 saturated heterocycles. The molecule has 1 saturated carbocycles. The molecule has 0 unspecified atom stereocenters. The van der Waals surface area contributed by atoms with Crippen LogP contribution in [0.25, 0.3) is 0 Å². The van der Waals surface area contributed by atoms with E-state index in [2.05, 4.69) is 29.2 Å². The molecule has 0 amide bonds. The Balaban J connectivity index is 1.36. The van der Waals surface area contributed by atoms with Gasteiger partial charge in [0.05, 0.1) is 17.4 Å². The van der Waals surface area contributed by atoms with Gasteiger partial charge in [0.1, 0.15) is 15.6 Å². The smallest absolute Gasteiger partial charge is 0.163 e. The Labute approximate surface area is 185 Å². The number of ketones is 1. The fourth-order valence-corrected chi connectivity index (χ4v) is 5.91. The molecule has 0 atom stereocenters. The molecule has 0 N–H and O–H groups in total. The van der Waals surface area contributed by atoms with Crippen molar-refractivity contribution >= 4 is 15.6 Å². The van der Waals surface area contributed by atoms with Crippen molar-refractivity contribution in [2.45, 2.75) is 57.5 Å². The molecule has 4 rings (SSSR count). The summed E-state index contributed by atoms with van der Waals surface area (Å²) in [6.45, 7) is 4.76. The Morgan fingerprint density at radius 1 is 1.03 bits per heavy atom. The minimum Gasteiger partial charge on any atom is -0.493 e. The molecule has 2 aromatic carbocycles. The number of Topliss-reactive ketones (excluding diaryl/α,β-unsaturated/α-hetero) is 1. The summed E-state index contributed by atoms with van der Waals surface area (Å²) >= 11 is 0. The predicted molar refractivity (Wildman–Crippen MR) is 122 cm³/mol. The lowest BCUT2D eigenvalue weighted by molar-refractivity contribution is 0.101. The number of sulfone groups is 1. The van der Waals surface area contributed by atoms with Crippen LogP contribution in [0.4, 0.5) is 0 Å². The first-order valence-electron chi connectivity index (χ1n) is 11.0. The highest BCUT2D eigenvalue weighted by Gasteiger charge is 2.28. The molecule has 0 spiro atoms. The Bertz CT molecular complexity index is 1030. The van der Waals surface area contributed by atoms with E-state index in [-0.39, 0.29) is 11.0 Å². The molecule has 1 aliphatic carbocycles. The molecule has 166 valence electrons. The quantitative estimate of drug-likeness (QED) is 0.597. The summed E-state index contributed by atoms with van der Waals surface area (Å²) in [7, 11) is -2.96. The summed E-state index contributed by atoms with van der Waals surface area (Å²) in [5.74, 6) is 0.967. The standard InChI is InChI=1S/C25H31NO4S/c1-18(27)24-13-20(14-26-15-21-5-3-4-6-22(21)16-26)9-12-25(24)30-17-19-7-10-23(11-8-19)31(2,28)29/h3-6,9,12-13,19,23H,7-8,10-11,14-17H2,1-2H3. The van der Waals surface area contributed by atoms with Crippen LogP contribution in [-0.4, -0.2) is 37.2 Å². The third-order valence-corrected chi connectivity index (χ3v) is 8.29. The molecule has 0 bridgehead atoms. The summed E-state index contributed by atoms with van der Waals surface area (Å²) < 4.78 is 29.5. The van der Waals surface area contributed by atoms with Gasteiger partial charge >= 0.3 is 0 Å². The van der Waals surface area contributed by atoms with Crippen LogP contribution in [0.3, 0.4) is 0 Å². The first kappa shape index (κ1) is 22.0. The van der Waals surface area contributed by atoms with Gasteiger partial charge in [-0.05, 0) is 67.3 Å². The van der Waals surface area contributed by atoms with Gasteiger partial charge in [0.2, 0.25) is 0 Å². The zero-order valence-electron chi connectivity index (χ0n) is 18.3. The van der Waals surface area contributed by atoms with Crippen molar-refractivity contribution in [2.75, 3.05) is 12.9 Å². The highest BCUT2D eigenvalue weighted by molar-refractivity contribution is 7.91. The van der Waals surface area contributed by atoms with E-state index in [1.54, 1.807) is 6.92 Å². The topological polar surface area (TPSA) is 63.7 Å². The van der Waals surface area contributed by atoms with E-state index in [4.69, 9.17) is 4.74 Å². The Morgan fingerprint density at radius 3 is 2.26 bits per heavy atom. The Kier molecular flexibility index (Phi) is 6.49. The second kappa shape index (κ2) is 9.13. The van der Waals surface area contributed by atoms with Crippen LogP contribution in [0.1, 0.15) is 59.7 Å². The van der Waals surface area contributed by atoms with Crippen molar-refractivity contribution in [1.29, 1.82) is 0 Å². The Hall–Kier alpha value is -2.18. The first-order valence-corrected chi connectivity index (χ1v) is 13.0. The van der Waals surface area contributed by atoms with Gasteiger partial charge in [0.15, 0.2) is 5.78 Å². The van der Waals surface area contributed by atoms with Crippen molar-refractivity contribution in [3.8, 4) is 5.75 Å². The lowest BCUT2D eigenvalue weighted by Gasteiger charge is -2.27. The highest BCUT2D eigenvalue weighted by Crippen LogP contribution is 2.30. The van der Waals surface area contributed by atoms with E-state index >= 15 is 0 Å². The number of ether oxygens (including phenoxy) is 1. The van der Waals surface area contributed by atoms with Crippen molar-refractivity contribution in [3.63, 3.8) is 0 Å². The minimum atomic E-state index is -2.96. The molecule has 1 fully saturated rings. The van der Waals surface area contributed by atoms with Gasteiger partial charge in [-0.3, -0.25) is 9.69 Å². The SMILES string of the molecule is CC(=O)c1cc(CN2Cc3ccccc3C2)ccc1OCC1CCC(S(C)(=O)=O)CC1. The van der Waals surface area contributed by atoms with Gasteiger partial charge in [-0.25, -0.2) is 8.42 Å². The number of benzene rings is 2. The zero-order valence-corrected chi connectivity index (χ0v) is 19.2.